The molecule has 33 heavy (non-hydrogen) atoms. The number of alkyl halides is 3. The van der Waals surface area contributed by atoms with Crippen molar-refractivity contribution >= 4 is 21.6 Å². The lowest BCUT2D eigenvalue weighted by Crippen LogP contribution is -2.37. The Morgan fingerprint density at radius 2 is 1.76 bits per heavy atom. The van der Waals surface area contributed by atoms with E-state index < -0.39 is 32.6 Å². The average Bonchev–Trinajstić information content (AvgIpc) is 2.79. The first-order valence-electron chi connectivity index (χ1n) is 10.5. The number of hydrogen-bond acceptors (Lipinski definition) is 5. The van der Waals surface area contributed by atoms with Gasteiger partial charge in [-0.1, -0.05) is 18.2 Å². The molecule has 2 aromatic carbocycles. The molecule has 3 rings (SSSR count). The molecule has 180 valence electrons. The van der Waals surface area contributed by atoms with Crippen molar-refractivity contribution in [2.24, 2.45) is 0 Å². The number of para-hydroxylation sites is 1. The van der Waals surface area contributed by atoms with Gasteiger partial charge in [-0.25, -0.2) is 8.42 Å². The molecule has 0 unspecified atom stereocenters. The Bertz CT molecular complexity index is 1050. The SMILES string of the molecule is O=C(NCCCCN1CCOCC1)c1ccccc1NS(=O)(=O)c1cccc(C(F)(F)F)c1. The van der Waals surface area contributed by atoms with Crippen LogP contribution in [-0.2, 0) is 20.9 Å². The van der Waals surface area contributed by atoms with Gasteiger partial charge in [0, 0.05) is 19.6 Å². The first kappa shape index (κ1) is 25.0. The first-order valence-corrected chi connectivity index (χ1v) is 12.0. The molecule has 2 aromatic rings. The van der Waals surface area contributed by atoms with Crippen molar-refractivity contribution in [1.29, 1.82) is 0 Å². The number of sulfonamides is 1. The number of morpholine rings is 1. The number of nitrogens with zero attached hydrogens (tertiary/aromatic N) is 1. The van der Waals surface area contributed by atoms with Crippen molar-refractivity contribution in [2.45, 2.75) is 23.9 Å². The highest BCUT2D eigenvalue weighted by atomic mass is 32.2. The second-order valence-corrected chi connectivity index (χ2v) is 9.28. The number of unbranched alkanes of at least 4 members (excludes halogenated alkanes) is 1. The van der Waals surface area contributed by atoms with Gasteiger partial charge < -0.3 is 10.1 Å². The molecule has 1 fully saturated rings. The molecular formula is C22H26F3N3O4S. The van der Waals surface area contributed by atoms with Gasteiger partial charge in [-0.3, -0.25) is 14.4 Å². The van der Waals surface area contributed by atoms with Crippen molar-refractivity contribution in [3.63, 3.8) is 0 Å². The summed E-state index contributed by atoms with van der Waals surface area (Å²) in [5, 5.41) is 2.77. The molecule has 7 nitrogen and oxygen atoms in total. The molecule has 11 heteroatoms. The third-order valence-corrected chi connectivity index (χ3v) is 6.54. The van der Waals surface area contributed by atoms with Gasteiger partial charge in [0.25, 0.3) is 15.9 Å². The second-order valence-electron chi connectivity index (χ2n) is 7.59. The molecule has 1 aliphatic rings. The minimum absolute atomic E-state index is 0.0132. The summed E-state index contributed by atoms with van der Waals surface area (Å²) in [6, 6.07) is 9.38. The molecular weight excluding hydrogens is 459 g/mol. The number of carbonyl (C=O) groups is 1. The summed E-state index contributed by atoms with van der Waals surface area (Å²) in [6.07, 6.45) is -3.03. The van der Waals surface area contributed by atoms with Crippen LogP contribution in [0.2, 0.25) is 0 Å². The molecule has 1 amide bonds. The normalized spacial score (nSPS) is 15.2. The van der Waals surface area contributed by atoms with E-state index in [0.29, 0.717) is 12.6 Å². The Morgan fingerprint density at radius 3 is 2.48 bits per heavy atom. The molecule has 1 heterocycles. The lowest BCUT2D eigenvalue weighted by molar-refractivity contribution is -0.137. The maximum Gasteiger partial charge on any atom is 0.416 e. The minimum Gasteiger partial charge on any atom is -0.379 e. The number of nitrogens with one attached hydrogen (secondary N) is 2. The molecule has 1 aliphatic heterocycles. The highest BCUT2D eigenvalue weighted by Gasteiger charge is 2.31. The lowest BCUT2D eigenvalue weighted by Gasteiger charge is -2.26. The van der Waals surface area contributed by atoms with Gasteiger partial charge in [0.2, 0.25) is 0 Å². The van der Waals surface area contributed by atoms with E-state index in [2.05, 4.69) is 14.9 Å². The van der Waals surface area contributed by atoms with E-state index in [1.165, 1.54) is 18.2 Å². The van der Waals surface area contributed by atoms with E-state index in [-0.39, 0.29) is 11.3 Å². The monoisotopic (exact) mass is 485 g/mol. The van der Waals surface area contributed by atoms with Crippen LogP contribution < -0.4 is 10.0 Å². The number of amides is 1. The summed E-state index contributed by atoms with van der Waals surface area (Å²) < 4.78 is 71.8. The van der Waals surface area contributed by atoms with Gasteiger partial charge in [0.15, 0.2) is 0 Å². The topological polar surface area (TPSA) is 87.7 Å². The van der Waals surface area contributed by atoms with E-state index in [1.807, 2.05) is 0 Å². The highest BCUT2D eigenvalue weighted by molar-refractivity contribution is 7.92. The Labute approximate surface area is 191 Å². The summed E-state index contributed by atoms with van der Waals surface area (Å²) in [5.74, 6) is -0.469. The van der Waals surface area contributed by atoms with E-state index in [9.17, 15) is 26.4 Å². The number of hydrogen-bond donors (Lipinski definition) is 2. The fourth-order valence-corrected chi connectivity index (χ4v) is 4.52. The molecule has 0 aliphatic carbocycles. The van der Waals surface area contributed by atoms with Crippen molar-refractivity contribution in [2.75, 3.05) is 44.1 Å². The third kappa shape index (κ3) is 7.18. The molecule has 0 spiro atoms. The number of rotatable bonds is 9. The molecule has 0 radical (unpaired) electrons. The summed E-state index contributed by atoms with van der Waals surface area (Å²) in [5.41, 5.74) is -1.00. The predicted octanol–water partition coefficient (Wildman–Crippen LogP) is 3.35. The average molecular weight is 486 g/mol. The Balaban J connectivity index is 1.60. The molecule has 2 N–H and O–H groups in total. The van der Waals surface area contributed by atoms with Gasteiger partial charge in [-0.2, -0.15) is 13.2 Å². The van der Waals surface area contributed by atoms with Crippen LogP contribution in [0.15, 0.2) is 53.4 Å². The highest BCUT2D eigenvalue weighted by Crippen LogP contribution is 2.31. The van der Waals surface area contributed by atoms with Crippen molar-refractivity contribution in [3.8, 4) is 0 Å². The number of ether oxygens (including phenoxy) is 1. The summed E-state index contributed by atoms with van der Waals surface area (Å²) >= 11 is 0. The summed E-state index contributed by atoms with van der Waals surface area (Å²) in [7, 11) is -4.34. The van der Waals surface area contributed by atoms with Crippen LogP contribution in [0.25, 0.3) is 0 Å². The second kappa shape index (κ2) is 11.0. The Hall–Kier alpha value is -2.63. The number of anilines is 1. The smallest absolute Gasteiger partial charge is 0.379 e. The van der Waals surface area contributed by atoms with E-state index in [1.54, 1.807) is 6.07 Å². The van der Waals surface area contributed by atoms with E-state index in [4.69, 9.17) is 4.74 Å². The van der Waals surface area contributed by atoms with Gasteiger partial charge in [0.05, 0.1) is 34.9 Å². The molecule has 0 atom stereocenters. The zero-order valence-electron chi connectivity index (χ0n) is 17.9. The standard InChI is InChI=1S/C22H26F3N3O4S/c23-22(24,25)17-6-5-7-18(16-17)33(30,31)27-20-9-2-1-8-19(20)21(29)26-10-3-4-11-28-12-14-32-15-13-28/h1-2,5-9,16,27H,3-4,10-15H2,(H,26,29). The van der Waals surface area contributed by atoms with Crippen molar-refractivity contribution in [3.05, 3.63) is 59.7 Å². The zero-order chi connectivity index (χ0) is 23.9. The predicted molar refractivity (Wildman–Crippen MR) is 118 cm³/mol. The van der Waals surface area contributed by atoms with Crippen LogP contribution in [0.3, 0.4) is 0 Å². The van der Waals surface area contributed by atoms with Crippen LogP contribution in [0.4, 0.5) is 18.9 Å². The largest absolute Gasteiger partial charge is 0.416 e. The molecule has 0 saturated carbocycles. The fourth-order valence-electron chi connectivity index (χ4n) is 3.40. The minimum atomic E-state index is -4.68. The number of benzene rings is 2. The van der Waals surface area contributed by atoms with E-state index in [0.717, 1.165) is 63.9 Å². The van der Waals surface area contributed by atoms with Crippen molar-refractivity contribution in [1.82, 2.24) is 10.2 Å². The number of carbonyl (C=O) groups excluding carboxylic acids is 1. The fraction of sp³-hybridized carbons (Fsp3) is 0.409. The van der Waals surface area contributed by atoms with Crippen LogP contribution in [0.5, 0.6) is 0 Å². The summed E-state index contributed by atoms with van der Waals surface area (Å²) in [4.78, 5) is 14.4. The van der Waals surface area contributed by atoms with E-state index >= 15 is 0 Å². The molecule has 0 bridgehead atoms. The zero-order valence-corrected chi connectivity index (χ0v) is 18.7. The van der Waals surface area contributed by atoms with Crippen LogP contribution in [-0.4, -0.2) is 58.6 Å². The van der Waals surface area contributed by atoms with Crippen LogP contribution in [0.1, 0.15) is 28.8 Å². The van der Waals surface area contributed by atoms with Crippen molar-refractivity contribution < 1.29 is 31.1 Å². The maximum absolute atomic E-state index is 13.0. The van der Waals surface area contributed by atoms with Gasteiger partial charge in [-0.05, 0) is 49.7 Å². The maximum atomic E-state index is 13.0. The van der Waals surface area contributed by atoms with Crippen LogP contribution >= 0.6 is 0 Å². The van der Waals surface area contributed by atoms with Crippen LogP contribution in [0, 0.1) is 0 Å². The van der Waals surface area contributed by atoms with Gasteiger partial charge >= 0.3 is 6.18 Å². The first-order chi connectivity index (χ1) is 15.7. The molecule has 0 aromatic heterocycles. The Kier molecular flexibility index (Phi) is 8.33. The van der Waals surface area contributed by atoms with Gasteiger partial charge in [-0.15, -0.1) is 0 Å². The van der Waals surface area contributed by atoms with Gasteiger partial charge in [0.1, 0.15) is 0 Å². The Morgan fingerprint density at radius 1 is 1.03 bits per heavy atom. The lowest BCUT2D eigenvalue weighted by atomic mass is 10.1. The number of halogens is 3. The molecule has 1 saturated heterocycles. The summed E-state index contributed by atoms with van der Waals surface area (Å²) in [6.45, 7) is 4.57. The quantitative estimate of drug-likeness (QED) is 0.532. The third-order valence-electron chi connectivity index (χ3n) is 5.18.